The molecule has 100 valence electrons. The van der Waals surface area contributed by atoms with Gasteiger partial charge in [0.1, 0.15) is 0 Å². The first-order valence-electron chi connectivity index (χ1n) is 6.51. The third-order valence-corrected chi connectivity index (χ3v) is 4.41. The lowest BCUT2D eigenvalue weighted by atomic mass is 10.2. The molecule has 1 N–H and O–H groups in total. The molecule has 0 spiro atoms. The van der Waals surface area contributed by atoms with Crippen molar-refractivity contribution in [2.24, 2.45) is 0 Å². The second-order valence-corrected chi connectivity index (χ2v) is 6.37. The van der Waals surface area contributed by atoms with Crippen molar-refractivity contribution < 1.29 is 0 Å². The van der Waals surface area contributed by atoms with Gasteiger partial charge in [-0.1, -0.05) is 52.8 Å². The van der Waals surface area contributed by atoms with Gasteiger partial charge >= 0.3 is 0 Å². The molecule has 1 nitrogen and oxygen atoms in total. The molecular formula is C16H18BrNS. The molecule has 0 saturated heterocycles. The van der Waals surface area contributed by atoms with Gasteiger partial charge in [-0.2, -0.15) is 0 Å². The van der Waals surface area contributed by atoms with Crippen molar-refractivity contribution in [1.82, 2.24) is 5.32 Å². The zero-order chi connectivity index (χ0) is 13.5. The Morgan fingerprint density at radius 1 is 1.05 bits per heavy atom. The number of hydrogen-bond donors (Lipinski definition) is 1. The predicted molar refractivity (Wildman–Crippen MR) is 86.7 cm³/mol. The molecule has 0 radical (unpaired) electrons. The summed E-state index contributed by atoms with van der Waals surface area (Å²) in [6.45, 7) is 4.19. The summed E-state index contributed by atoms with van der Waals surface area (Å²) in [6, 6.07) is 17.1. The highest BCUT2D eigenvalue weighted by molar-refractivity contribution is 9.10. The number of nitrogens with one attached hydrogen (secondary N) is 1. The minimum atomic E-state index is 0.938. The van der Waals surface area contributed by atoms with Crippen molar-refractivity contribution in [3.05, 3.63) is 58.6 Å². The van der Waals surface area contributed by atoms with Crippen LogP contribution in [0.5, 0.6) is 0 Å². The van der Waals surface area contributed by atoms with E-state index >= 15 is 0 Å². The molecule has 2 aromatic carbocycles. The van der Waals surface area contributed by atoms with Gasteiger partial charge in [-0.25, -0.2) is 0 Å². The van der Waals surface area contributed by atoms with Gasteiger partial charge in [0.05, 0.1) is 0 Å². The molecule has 3 heteroatoms. The molecule has 0 aliphatic carbocycles. The Bertz CT molecular complexity index is 510. The van der Waals surface area contributed by atoms with Crippen LogP contribution in [0.15, 0.2) is 62.8 Å². The molecule has 0 saturated carbocycles. The normalized spacial score (nSPS) is 10.6. The largest absolute Gasteiger partial charge is 0.313 e. The molecule has 0 fully saturated rings. The number of benzene rings is 2. The Hall–Kier alpha value is -0.770. The van der Waals surface area contributed by atoms with Crippen LogP contribution in [-0.2, 0) is 6.54 Å². The van der Waals surface area contributed by atoms with E-state index in [1.165, 1.54) is 21.8 Å². The first kappa shape index (κ1) is 14.6. The maximum absolute atomic E-state index is 3.47. The van der Waals surface area contributed by atoms with Crippen LogP contribution in [0.3, 0.4) is 0 Å². The molecule has 19 heavy (non-hydrogen) atoms. The van der Waals surface area contributed by atoms with Crippen molar-refractivity contribution in [1.29, 1.82) is 0 Å². The van der Waals surface area contributed by atoms with Crippen molar-refractivity contribution in [2.75, 3.05) is 6.54 Å². The third-order valence-electron chi connectivity index (χ3n) is 2.76. The number of rotatable bonds is 6. The summed E-state index contributed by atoms with van der Waals surface area (Å²) in [7, 11) is 0. The zero-order valence-electron chi connectivity index (χ0n) is 11.0. The summed E-state index contributed by atoms with van der Waals surface area (Å²) < 4.78 is 1.12. The zero-order valence-corrected chi connectivity index (χ0v) is 13.4. The second-order valence-electron chi connectivity index (χ2n) is 4.34. The van der Waals surface area contributed by atoms with E-state index in [1.54, 1.807) is 0 Å². The summed E-state index contributed by atoms with van der Waals surface area (Å²) in [4.78, 5) is 2.60. The second kappa shape index (κ2) is 7.73. The SMILES string of the molecule is CCCNCc1ccccc1Sc1ccc(Br)cc1. The summed E-state index contributed by atoms with van der Waals surface area (Å²) in [5.74, 6) is 0. The van der Waals surface area contributed by atoms with Crippen LogP contribution < -0.4 is 5.32 Å². The average molecular weight is 336 g/mol. The van der Waals surface area contributed by atoms with Crippen LogP contribution in [0.25, 0.3) is 0 Å². The van der Waals surface area contributed by atoms with Gasteiger partial charge < -0.3 is 5.32 Å². The molecule has 0 aliphatic rings. The third kappa shape index (κ3) is 4.68. The van der Waals surface area contributed by atoms with E-state index in [0.29, 0.717) is 0 Å². The van der Waals surface area contributed by atoms with E-state index in [2.05, 4.69) is 76.7 Å². The van der Waals surface area contributed by atoms with E-state index < -0.39 is 0 Å². The molecule has 0 atom stereocenters. The molecule has 0 bridgehead atoms. The van der Waals surface area contributed by atoms with E-state index in [9.17, 15) is 0 Å². The van der Waals surface area contributed by atoms with Crippen LogP contribution in [0.4, 0.5) is 0 Å². The molecular weight excluding hydrogens is 318 g/mol. The molecule has 0 aliphatic heterocycles. The van der Waals surface area contributed by atoms with E-state index in [1.807, 2.05) is 11.8 Å². The standard InChI is InChI=1S/C16H18BrNS/c1-2-11-18-12-13-5-3-4-6-16(13)19-15-9-7-14(17)8-10-15/h3-10,18H,2,11-12H2,1H3. The fourth-order valence-electron chi connectivity index (χ4n) is 1.78. The van der Waals surface area contributed by atoms with Gasteiger partial charge in [0, 0.05) is 20.8 Å². The van der Waals surface area contributed by atoms with Crippen LogP contribution in [0.1, 0.15) is 18.9 Å². The van der Waals surface area contributed by atoms with Gasteiger partial charge in [0.15, 0.2) is 0 Å². The van der Waals surface area contributed by atoms with Gasteiger partial charge in [-0.05, 0) is 48.9 Å². The maximum atomic E-state index is 3.47. The van der Waals surface area contributed by atoms with Gasteiger partial charge in [-0.15, -0.1) is 0 Å². The lowest BCUT2D eigenvalue weighted by Gasteiger charge is -2.10. The maximum Gasteiger partial charge on any atom is 0.0216 e. The molecule has 2 rings (SSSR count). The smallest absolute Gasteiger partial charge is 0.0216 e. The Morgan fingerprint density at radius 3 is 2.53 bits per heavy atom. The van der Waals surface area contributed by atoms with Crippen LogP contribution in [0.2, 0.25) is 0 Å². The monoisotopic (exact) mass is 335 g/mol. The Labute approximate surface area is 127 Å². The highest BCUT2D eigenvalue weighted by Crippen LogP contribution is 2.31. The topological polar surface area (TPSA) is 12.0 Å². The summed E-state index contributed by atoms with van der Waals surface area (Å²) in [5, 5.41) is 3.47. The highest BCUT2D eigenvalue weighted by Gasteiger charge is 2.03. The molecule has 0 aromatic heterocycles. The van der Waals surface area contributed by atoms with Crippen molar-refractivity contribution in [3.8, 4) is 0 Å². The summed E-state index contributed by atoms with van der Waals surface area (Å²) in [5.41, 5.74) is 1.36. The average Bonchev–Trinajstić information content (AvgIpc) is 2.43. The van der Waals surface area contributed by atoms with Crippen LogP contribution >= 0.6 is 27.7 Å². The summed E-state index contributed by atoms with van der Waals surface area (Å²) in [6.07, 6.45) is 1.17. The van der Waals surface area contributed by atoms with Crippen LogP contribution in [-0.4, -0.2) is 6.54 Å². The van der Waals surface area contributed by atoms with Crippen LogP contribution in [0, 0.1) is 0 Å². The minimum Gasteiger partial charge on any atom is -0.313 e. The number of halogens is 1. The lowest BCUT2D eigenvalue weighted by Crippen LogP contribution is -2.14. The van der Waals surface area contributed by atoms with E-state index in [4.69, 9.17) is 0 Å². The molecule has 0 heterocycles. The van der Waals surface area contributed by atoms with E-state index in [-0.39, 0.29) is 0 Å². The minimum absolute atomic E-state index is 0.938. The highest BCUT2D eigenvalue weighted by atomic mass is 79.9. The molecule has 0 amide bonds. The lowest BCUT2D eigenvalue weighted by molar-refractivity contribution is 0.669. The van der Waals surface area contributed by atoms with Gasteiger partial charge in [-0.3, -0.25) is 0 Å². The quantitative estimate of drug-likeness (QED) is 0.737. The van der Waals surface area contributed by atoms with Crippen molar-refractivity contribution >= 4 is 27.7 Å². The van der Waals surface area contributed by atoms with Gasteiger partial charge in [0.2, 0.25) is 0 Å². The Balaban J connectivity index is 2.08. The predicted octanol–water partition coefficient (Wildman–Crippen LogP) is 5.10. The first-order chi connectivity index (χ1) is 9.29. The Kier molecular flexibility index (Phi) is 5.95. The molecule has 0 unspecified atom stereocenters. The fraction of sp³-hybridized carbons (Fsp3) is 0.250. The van der Waals surface area contributed by atoms with Crippen molar-refractivity contribution in [2.45, 2.75) is 29.7 Å². The summed E-state index contributed by atoms with van der Waals surface area (Å²) >= 11 is 5.29. The first-order valence-corrected chi connectivity index (χ1v) is 8.12. The Morgan fingerprint density at radius 2 is 1.79 bits per heavy atom. The van der Waals surface area contributed by atoms with Gasteiger partial charge in [0.25, 0.3) is 0 Å². The van der Waals surface area contributed by atoms with Crippen molar-refractivity contribution in [3.63, 3.8) is 0 Å². The fourth-order valence-corrected chi connectivity index (χ4v) is 2.99. The molecule has 2 aromatic rings. The number of hydrogen-bond acceptors (Lipinski definition) is 2. The van der Waals surface area contributed by atoms with E-state index in [0.717, 1.165) is 17.6 Å².